The summed E-state index contributed by atoms with van der Waals surface area (Å²) in [5.74, 6) is -0.264. The molecule has 0 unspecified atom stereocenters. The number of amides is 1. The van der Waals surface area contributed by atoms with Crippen LogP contribution < -0.4 is 4.72 Å². The van der Waals surface area contributed by atoms with Gasteiger partial charge in [0, 0.05) is 18.1 Å². The van der Waals surface area contributed by atoms with E-state index in [2.05, 4.69) is 20.7 Å². The summed E-state index contributed by atoms with van der Waals surface area (Å²) in [6, 6.07) is 4.72. The quantitative estimate of drug-likeness (QED) is 0.876. The summed E-state index contributed by atoms with van der Waals surface area (Å²) in [5, 5.41) is 0. The van der Waals surface area contributed by atoms with Crippen LogP contribution >= 0.6 is 15.9 Å². The van der Waals surface area contributed by atoms with E-state index in [1.165, 1.54) is 11.0 Å². The Morgan fingerprint density at radius 2 is 2.05 bits per heavy atom. The fourth-order valence-electron chi connectivity index (χ4n) is 1.34. The van der Waals surface area contributed by atoms with Crippen molar-refractivity contribution in [1.29, 1.82) is 0 Å². The molecule has 1 aromatic rings. The molecule has 0 aliphatic rings. The summed E-state index contributed by atoms with van der Waals surface area (Å²) < 4.78 is 27.2. The summed E-state index contributed by atoms with van der Waals surface area (Å²) in [4.78, 5) is 13.2. The number of sulfonamides is 1. The van der Waals surface area contributed by atoms with Gasteiger partial charge in [0.05, 0.1) is 11.4 Å². The molecular formula is C12H17BrN2O3S. The van der Waals surface area contributed by atoms with E-state index in [0.29, 0.717) is 6.54 Å². The molecule has 1 amide bonds. The molecule has 106 valence electrons. The molecule has 0 radical (unpaired) electrons. The molecule has 7 heteroatoms. The Kier molecular flexibility index (Phi) is 5.51. The van der Waals surface area contributed by atoms with Gasteiger partial charge in [0.25, 0.3) is 0 Å². The lowest BCUT2D eigenvalue weighted by Gasteiger charge is -2.15. The van der Waals surface area contributed by atoms with Crippen LogP contribution in [0.5, 0.6) is 0 Å². The average molecular weight is 349 g/mol. The van der Waals surface area contributed by atoms with E-state index in [0.717, 1.165) is 10.0 Å². The number of likely N-dealkylation sites (N-methyl/N-ethyl adjacent to an activating group) is 1. The van der Waals surface area contributed by atoms with Gasteiger partial charge in [-0.1, -0.05) is 15.9 Å². The van der Waals surface area contributed by atoms with Crippen LogP contribution in [-0.4, -0.2) is 39.4 Å². The van der Waals surface area contributed by atoms with Crippen molar-refractivity contribution in [1.82, 2.24) is 9.62 Å². The molecular weight excluding hydrogens is 332 g/mol. The molecule has 0 saturated heterocycles. The maximum Gasteiger partial charge on any atom is 0.241 e. The van der Waals surface area contributed by atoms with Crippen molar-refractivity contribution in [2.24, 2.45) is 0 Å². The van der Waals surface area contributed by atoms with E-state index in [9.17, 15) is 13.2 Å². The van der Waals surface area contributed by atoms with Gasteiger partial charge in [0.1, 0.15) is 0 Å². The second-order valence-corrected chi connectivity index (χ2v) is 6.76. The third-order valence-corrected chi connectivity index (χ3v) is 5.04. The molecule has 5 nitrogen and oxygen atoms in total. The van der Waals surface area contributed by atoms with Crippen molar-refractivity contribution < 1.29 is 13.2 Å². The minimum Gasteiger partial charge on any atom is -0.345 e. The zero-order valence-electron chi connectivity index (χ0n) is 11.1. The molecule has 0 atom stereocenters. The highest BCUT2D eigenvalue weighted by atomic mass is 79.9. The highest BCUT2D eigenvalue weighted by Gasteiger charge is 2.17. The minimum atomic E-state index is -3.65. The van der Waals surface area contributed by atoms with Crippen LogP contribution in [0, 0.1) is 6.92 Å². The molecule has 19 heavy (non-hydrogen) atoms. The van der Waals surface area contributed by atoms with Gasteiger partial charge in [-0.15, -0.1) is 0 Å². The van der Waals surface area contributed by atoms with E-state index >= 15 is 0 Å². The van der Waals surface area contributed by atoms with Gasteiger partial charge in [-0.3, -0.25) is 4.79 Å². The van der Waals surface area contributed by atoms with Crippen LogP contribution in [0.4, 0.5) is 0 Å². The Morgan fingerprint density at radius 1 is 1.42 bits per heavy atom. The van der Waals surface area contributed by atoms with Gasteiger partial charge in [-0.05, 0) is 37.6 Å². The first-order valence-corrected chi connectivity index (χ1v) is 8.05. The molecule has 1 aromatic carbocycles. The van der Waals surface area contributed by atoms with Crippen molar-refractivity contribution >= 4 is 31.9 Å². The summed E-state index contributed by atoms with van der Waals surface area (Å²) in [7, 11) is -2.03. The molecule has 0 aliphatic heterocycles. The highest BCUT2D eigenvalue weighted by Crippen LogP contribution is 2.19. The molecule has 0 bridgehead atoms. The van der Waals surface area contributed by atoms with Gasteiger partial charge in [0.2, 0.25) is 15.9 Å². The molecule has 0 heterocycles. The Hall–Kier alpha value is -0.920. The van der Waals surface area contributed by atoms with Crippen LogP contribution in [0.3, 0.4) is 0 Å². The maximum atomic E-state index is 12.0. The summed E-state index contributed by atoms with van der Waals surface area (Å²) in [6.45, 7) is 3.93. The first kappa shape index (κ1) is 16.1. The number of carbonyl (C=O) groups excluding carboxylic acids is 1. The third kappa shape index (κ3) is 4.29. The van der Waals surface area contributed by atoms with Crippen molar-refractivity contribution in [2.45, 2.75) is 18.7 Å². The molecule has 0 aromatic heterocycles. The molecule has 0 aliphatic carbocycles. The second-order valence-electron chi connectivity index (χ2n) is 4.14. The van der Waals surface area contributed by atoms with Gasteiger partial charge < -0.3 is 4.90 Å². The predicted octanol–water partition coefficient (Wildman–Crippen LogP) is 1.51. The van der Waals surface area contributed by atoms with E-state index in [4.69, 9.17) is 0 Å². The topological polar surface area (TPSA) is 66.5 Å². The average Bonchev–Trinajstić information content (AvgIpc) is 2.38. The molecule has 0 spiro atoms. The van der Waals surface area contributed by atoms with Crippen LogP contribution in [-0.2, 0) is 14.8 Å². The number of hydrogen-bond acceptors (Lipinski definition) is 3. The third-order valence-electron chi connectivity index (χ3n) is 2.75. The van der Waals surface area contributed by atoms with E-state index < -0.39 is 10.0 Å². The normalized spacial score (nSPS) is 11.4. The van der Waals surface area contributed by atoms with Crippen LogP contribution in [0.2, 0.25) is 0 Å². The Labute approximate surface area is 122 Å². The Balaban J connectivity index is 2.82. The lowest BCUT2D eigenvalue weighted by Crippen LogP contribution is -2.37. The SMILES string of the molecule is CCN(C)C(=O)CNS(=O)(=O)c1ccc(Br)c(C)c1. The highest BCUT2D eigenvalue weighted by molar-refractivity contribution is 9.10. The van der Waals surface area contributed by atoms with Crippen molar-refractivity contribution in [2.75, 3.05) is 20.1 Å². The smallest absolute Gasteiger partial charge is 0.241 e. The summed E-state index contributed by atoms with van der Waals surface area (Å²) in [5.41, 5.74) is 0.819. The predicted molar refractivity (Wildman–Crippen MR) is 77.4 cm³/mol. The summed E-state index contributed by atoms with van der Waals surface area (Å²) >= 11 is 3.31. The fraction of sp³-hybridized carbons (Fsp3) is 0.417. The first-order valence-electron chi connectivity index (χ1n) is 5.77. The number of halogens is 1. The fourth-order valence-corrected chi connectivity index (χ4v) is 2.64. The largest absolute Gasteiger partial charge is 0.345 e. The monoisotopic (exact) mass is 348 g/mol. The van der Waals surface area contributed by atoms with Gasteiger partial charge in [-0.25, -0.2) is 13.1 Å². The molecule has 1 rings (SSSR count). The van der Waals surface area contributed by atoms with E-state index in [1.54, 1.807) is 26.1 Å². The lowest BCUT2D eigenvalue weighted by atomic mass is 10.2. The number of nitrogens with zero attached hydrogens (tertiary/aromatic N) is 1. The maximum absolute atomic E-state index is 12.0. The number of rotatable bonds is 5. The van der Waals surface area contributed by atoms with Crippen molar-refractivity contribution in [3.05, 3.63) is 28.2 Å². The molecule has 0 saturated carbocycles. The number of nitrogens with one attached hydrogen (secondary N) is 1. The minimum absolute atomic E-state index is 0.153. The number of hydrogen-bond donors (Lipinski definition) is 1. The van der Waals surface area contributed by atoms with E-state index in [1.807, 2.05) is 6.92 Å². The van der Waals surface area contributed by atoms with Crippen LogP contribution in [0.25, 0.3) is 0 Å². The Morgan fingerprint density at radius 3 is 2.58 bits per heavy atom. The van der Waals surface area contributed by atoms with Gasteiger partial charge in [0.15, 0.2) is 0 Å². The number of aryl methyl sites for hydroxylation is 1. The molecule has 1 N–H and O–H groups in total. The zero-order valence-corrected chi connectivity index (χ0v) is 13.5. The first-order chi connectivity index (χ1) is 8.77. The van der Waals surface area contributed by atoms with Crippen LogP contribution in [0.15, 0.2) is 27.6 Å². The van der Waals surface area contributed by atoms with Gasteiger partial charge >= 0.3 is 0 Å². The van der Waals surface area contributed by atoms with E-state index in [-0.39, 0.29) is 17.3 Å². The Bertz CT molecular complexity index is 572. The van der Waals surface area contributed by atoms with Gasteiger partial charge in [-0.2, -0.15) is 0 Å². The number of carbonyl (C=O) groups is 1. The second kappa shape index (κ2) is 6.49. The molecule has 0 fully saturated rings. The van der Waals surface area contributed by atoms with Crippen LogP contribution in [0.1, 0.15) is 12.5 Å². The van der Waals surface area contributed by atoms with Crippen molar-refractivity contribution in [3.63, 3.8) is 0 Å². The van der Waals surface area contributed by atoms with Crippen molar-refractivity contribution in [3.8, 4) is 0 Å². The standard InChI is InChI=1S/C12H17BrN2O3S/c1-4-15(3)12(16)8-14-19(17,18)10-5-6-11(13)9(2)7-10/h5-7,14H,4,8H2,1-3H3. The lowest BCUT2D eigenvalue weighted by molar-refractivity contribution is -0.128. The zero-order chi connectivity index (χ0) is 14.6. The summed E-state index contributed by atoms with van der Waals surface area (Å²) in [6.07, 6.45) is 0. The number of benzene rings is 1.